The van der Waals surface area contributed by atoms with Crippen LogP contribution in [0, 0.1) is 0 Å². The number of carboxylic acid groups (broad SMARTS) is 1. The molecule has 0 aliphatic carbocycles. The van der Waals surface area contributed by atoms with Crippen LogP contribution in [0.3, 0.4) is 0 Å². The van der Waals surface area contributed by atoms with Crippen molar-refractivity contribution in [1.29, 1.82) is 0 Å². The summed E-state index contributed by atoms with van der Waals surface area (Å²) in [4.78, 5) is 27.1. The average molecular weight is 322 g/mol. The summed E-state index contributed by atoms with van der Waals surface area (Å²) in [6.45, 7) is 1.51. The van der Waals surface area contributed by atoms with E-state index in [1.807, 2.05) is 0 Å². The maximum absolute atomic E-state index is 12.1. The van der Waals surface area contributed by atoms with E-state index in [4.69, 9.17) is 16.7 Å². The standard InChI is InChI=1S/C13H12ClN5O3/c14-9-6-7(2-3-8(9)12(21)22)16-11(20)10-17-13-15-4-1-5-19(13)18-10/h2-3,6H,1,4-5H2,(H,16,20)(H,21,22)(H,15,17,18). The predicted molar refractivity (Wildman–Crippen MR) is 79.5 cm³/mol. The minimum absolute atomic E-state index is 0.0283. The highest BCUT2D eigenvalue weighted by atomic mass is 35.5. The molecule has 1 amide bonds. The number of anilines is 2. The van der Waals surface area contributed by atoms with Gasteiger partial charge in [-0.3, -0.25) is 4.79 Å². The van der Waals surface area contributed by atoms with Crippen LogP contribution < -0.4 is 10.6 Å². The van der Waals surface area contributed by atoms with Crippen molar-refractivity contribution in [3.63, 3.8) is 0 Å². The lowest BCUT2D eigenvalue weighted by molar-refractivity contribution is 0.0697. The number of hydrogen-bond acceptors (Lipinski definition) is 5. The average Bonchev–Trinajstić information content (AvgIpc) is 2.91. The molecule has 0 fully saturated rings. The summed E-state index contributed by atoms with van der Waals surface area (Å²) in [6, 6.07) is 4.16. The van der Waals surface area contributed by atoms with Crippen molar-refractivity contribution in [3.05, 3.63) is 34.6 Å². The Balaban J connectivity index is 1.78. The summed E-state index contributed by atoms with van der Waals surface area (Å²) in [5, 5.41) is 18.7. The van der Waals surface area contributed by atoms with Crippen molar-refractivity contribution in [2.24, 2.45) is 0 Å². The van der Waals surface area contributed by atoms with Crippen molar-refractivity contribution in [3.8, 4) is 0 Å². The fourth-order valence-electron chi connectivity index (χ4n) is 2.11. The molecule has 8 nitrogen and oxygen atoms in total. The Morgan fingerprint density at radius 1 is 1.41 bits per heavy atom. The van der Waals surface area contributed by atoms with Crippen LogP contribution in [0.4, 0.5) is 11.6 Å². The van der Waals surface area contributed by atoms with Gasteiger partial charge in [-0.2, -0.15) is 4.98 Å². The van der Waals surface area contributed by atoms with Crippen LogP contribution in [0.5, 0.6) is 0 Å². The van der Waals surface area contributed by atoms with Gasteiger partial charge < -0.3 is 15.7 Å². The zero-order valence-electron chi connectivity index (χ0n) is 11.3. The zero-order valence-corrected chi connectivity index (χ0v) is 12.1. The van der Waals surface area contributed by atoms with E-state index in [9.17, 15) is 9.59 Å². The first-order valence-electron chi connectivity index (χ1n) is 6.57. The number of carbonyl (C=O) groups is 2. The second-order valence-electron chi connectivity index (χ2n) is 4.72. The smallest absolute Gasteiger partial charge is 0.337 e. The van der Waals surface area contributed by atoms with Gasteiger partial charge >= 0.3 is 5.97 Å². The number of amides is 1. The number of benzene rings is 1. The zero-order chi connectivity index (χ0) is 15.7. The van der Waals surface area contributed by atoms with Crippen LogP contribution in [0.25, 0.3) is 0 Å². The van der Waals surface area contributed by atoms with Gasteiger partial charge in [0.05, 0.1) is 10.6 Å². The van der Waals surface area contributed by atoms with Gasteiger partial charge in [-0.25, -0.2) is 9.48 Å². The summed E-state index contributed by atoms with van der Waals surface area (Å²) >= 11 is 5.86. The molecule has 2 aromatic rings. The highest BCUT2D eigenvalue weighted by Gasteiger charge is 2.19. The minimum Gasteiger partial charge on any atom is -0.478 e. The predicted octanol–water partition coefficient (Wildman–Crippen LogP) is 1.70. The lowest BCUT2D eigenvalue weighted by atomic mass is 10.2. The molecule has 0 unspecified atom stereocenters. The maximum atomic E-state index is 12.1. The van der Waals surface area contributed by atoms with E-state index < -0.39 is 11.9 Å². The van der Waals surface area contributed by atoms with Gasteiger partial charge in [0, 0.05) is 18.8 Å². The van der Waals surface area contributed by atoms with E-state index in [0.717, 1.165) is 13.0 Å². The molecule has 22 heavy (non-hydrogen) atoms. The largest absolute Gasteiger partial charge is 0.478 e. The first-order chi connectivity index (χ1) is 10.5. The molecule has 114 valence electrons. The van der Waals surface area contributed by atoms with Crippen LogP contribution in [-0.4, -0.2) is 38.3 Å². The summed E-state index contributed by atoms with van der Waals surface area (Å²) in [7, 11) is 0. The molecule has 0 saturated heterocycles. The third-order valence-corrected chi connectivity index (χ3v) is 3.47. The van der Waals surface area contributed by atoms with Gasteiger partial charge in [-0.15, -0.1) is 5.10 Å². The number of fused-ring (bicyclic) bond motifs is 1. The Labute approximate surface area is 130 Å². The van der Waals surface area contributed by atoms with Gasteiger partial charge in [0.25, 0.3) is 5.91 Å². The van der Waals surface area contributed by atoms with Crippen LogP contribution in [0.15, 0.2) is 18.2 Å². The molecular weight excluding hydrogens is 310 g/mol. The van der Waals surface area contributed by atoms with Crippen molar-refractivity contribution >= 4 is 35.1 Å². The van der Waals surface area contributed by atoms with Gasteiger partial charge in [0.15, 0.2) is 0 Å². The molecule has 9 heteroatoms. The van der Waals surface area contributed by atoms with E-state index >= 15 is 0 Å². The molecule has 2 heterocycles. The topological polar surface area (TPSA) is 109 Å². The highest BCUT2D eigenvalue weighted by Crippen LogP contribution is 2.21. The van der Waals surface area contributed by atoms with E-state index in [1.165, 1.54) is 18.2 Å². The Hall–Kier alpha value is -2.61. The van der Waals surface area contributed by atoms with Gasteiger partial charge in [0.1, 0.15) is 0 Å². The molecule has 0 radical (unpaired) electrons. The number of aryl methyl sites for hydroxylation is 1. The molecule has 1 aliphatic heterocycles. The lowest BCUT2D eigenvalue weighted by Gasteiger charge is -2.12. The van der Waals surface area contributed by atoms with Gasteiger partial charge in [-0.05, 0) is 24.6 Å². The fraction of sp³-hybridized carbons (Fsp3) is 0.231. The van der Waals surface area contributed by atoms with Crippen molar-refractivity contribution in [1.82, 2.24) is 14.8 Å². The number of aromatic carboxylic acids is 1. The third kappa shape index (κ3) is 2.73. The van der Waals surface area contributed by atoms with Crippen molar-refractivity contribution in [2.45, 2.75) is 13.0 Å². The number of carboxylic acids is 1. The van der Waals surface area contributed by atoms with Gasteiger partial charge in [-0.1, -0.05) is 11.6 Å². The number of rotatable bonds is 3. The summed E-state index contributed by atoms with van der Waals surface area (Å²) in [6.07, 6.45) is 0.920. The third-order valence-electron chi connectivity index (χ3n) is 3.16. The quantitative estimate of drug-likeness (QED) is 0.793. The second kappa shape index (κ2) is 5.64. The molecule has 1 aromatic heterocycles. The monoisotopic (exact) mass is 321 g/mol. The second-order valence-corrected chi connectivity index (χ2v) is 5.12. The van der Waals surface area contributed by atoms with Crippen LogP contribution in [-0.2, 0) is 6.54 Å². The molecule has 3 rings (SSSR count). The molecule has 0 spiro atoms. The number of carbonyl (C=O) groups excluding carboxylic acids is 1. The summed E-state index contributed by atoms with van der Waals surface area (Å²) < 4.78 is 1.64. The number of hydrogen-bond donors (Lipinski definition) is 3. The highest BCUT2D eigenvalue weighted by molar-refractivity contribution is 6.33. The lowest BCUT2D eigenvalue weighted by Crippen LogP contribution is -2.18. The molecular formula is C13H12ClN5O3. The fourth-order valence-corrected chi connectivity index (χ4v) is 2.37. The molecule has 0 atom stereocenters. The Bertz CT molecular complexity index is 735. The molecule has 1 aromatic carbocycles. The maximum Gasteiger partial charge on any atom is 0.337 e. The molecule has 1 aliphatic rings. The van der Waals surface area contributed by atoms with E-state index in [2.05, 4.69) is 20.7 Å². The number of halogens is 1. The van der Waals surface area contributed by atoms with Gasteiger partial charge in [0.2, 0.25) is 11.8 Å². The molecule has 3 N–H and O–H groups in total. The van der Waals surface area contributed by atoms with Crippen LogP contribution in [0.2, 0.25) is 5.02 Å². The Kier molecular flexibility index (Phi) is 3.68. The summed E-state index contributed by atoms with van der Waals surface area (Å²) in [5.74, 6) is -1.00. The van der Waals surface area contributed by atoms with E-state index in [0.29, 0.717) is 18.2 Å². The first-order valence-corrected chi connectivity index (χ1v) is 6.95. The Morgan fingerprint density at radius 2 is 2.23 bits per heavy atom. The SMILES string of the molecule is O=C(Nc1ccc(C(=O)O)c(Cl)c1)c1nc2n(n1)CCCN2. The number of nitrogens with zero attached hydrogens (tertiary/aromatic N) is 3. The first kappa shape index (κ1) is 14.3. The molecule has 0 bridgehead atoms. The van der Waals surface area contributed by atoms with Crippen LogP contribution in [0.1, 0.15) is 27.4 Å². The number of aromatic nitrogens is 3. The molecule has 0 saturated carbocycles. The van der Waals surface area contributed by atoms with E-state index in [1.54, 1.807) is 4.68 Å². The van der Waals surface area contributed by atoms with E-state index in [-0.39, 0.29) is 16.4 Å². The van der Waals surface area contributed by atoms with Crippen molar-refractivity contribution in [2.75, 3.05) is 17.2 Å². The minimum atomic E-state index is -1.13. The Morgan fingerprint density at radius 3 is 2.91 bits per heavy atom. The summed E-state index contributed by atoms with van der Waals surface area (Å²) in [5.41, 5.74) is 0.347. The normalized spacial score (nSPS) is 13.1. The van der Waals surface area contributed by atoms with Crippen LogP contribution >= 0.6 is 11.6 Å². The number of nitrogens with one attached hydrogen (secondary N) is 2. The van der Waals surface area contributed by atoms with Crippen molar-refractivity contribution < 1.29 is 14.7 Å².